The molecular weight excluding hydrogens is 432 g/mol. The molecule has 1 aromatic heterocycles. The summed E-state index contributed by atoms with van der Waals surface area (Å²) < 4.78 is 37.8. The molecule has 1 aromatic carbocycles. The van der Waals surface area contributed by atoms with Gasteiger partial charge in [0.05, 0.1) is 19.1 Å². The average molecular weight is 455 g/mol. The van der Waals surface area contributed by atoms with E-state index in [9.17, 15) is 13.2 Å². The molecule has 1 amide bonds. The number of amides is 1. The van der Waals surface area contributed by atoms with Gasteiger partial charge in [-0.2, -0.15) is 4.31 Å². The molecule has 0 bridgehead atoms. The lowest BCUT2D eigenvalue weighted by Crippen LogP contribution is -2.48. The van der Waals surface area contributed by atoms with E-state index in [0.29, 0.717) is 37.7 Å². The molecule has 2 heterocycles. The minimum Gasteiger partial charge on any atom is -0.493 e. The summed E-state index contributed by atoms with van der Waals surface area (Å²) in [6, 6.07) is 4.54. The number of carbonyl (C=O) groups excluding carboxylic acids is 1. The first-order chi connectivity index (χ1) is 14.4. The van der Waals surface area contributed by atoms with Gasteiger partial charge >= 0.3 is 0 Å². The van der Waals surface area contributed by atoms with Crippen LogP contribution in [0.15, 0.2) is 35.4 Å². The quantitative estimate of drug-likeness (QED) is 0.364. The molecule has 3 rings (SSSR count). The molecule has 1 saturated heterocycles. The number of hydrogen-bond acceptors (Lipinski definition) is 9. The van der Waals surface area contributed by atoms with Gasteiger partial charge in [-0.3, -0.25) is 10.0 Å². The summed E-state index contributed by atoms with van der Waals surface area (Å²) in [7, 11) is -0.715. The minimum absolute atomic E-state index is 0.150. The van der Waals surface area contributed by atoms with Crippen LogP contribution < -0.4 is 19.9 Å². The van der Waals surface area contributed by atoms with Crippen LogP contribution in [0.5, 0.6) is 11.5 Å². The van der Waals surface area contributed by atoms with Crippen molar-refractivity contribution in [1.29, 1.82) is 0 Å². The number of carbonyl (C=O) groups is 1. The van der Waals surface area contributed by atoms with Gasteiger partial charge in [-0.25, -0.2) is 18.9 Å². The van der Waals surface area contributed by atoms with Crippen molar-refractivity contribution in [1.82, 2.24) is 14.8 Å². The van der Waals surface area contributed by atoms with Crippen LogP contribution in [0.3, 0.4) is 0 Å². The Labute approximate surface area is 178 Å². The number of ether oxygens (including phenoxy) is 2. The molecular formula is C18H22N4O6S2. The second kappa shape index (κ2) is 9.43. The zero-order chi connectivity index (χ0) is 21.7. The maximum atomic E-state index is 13.0. The zero-order valence-corrected chi connectivity index (χ0v) is 18.1. The first kappa shape index (κ1) is 22.0. The second-order valence-corrected chi connectivity index (χ2v) is 9.24. The molecule has 1 aliphatic heterocycles. The minimum atomic E-state index is -3.67. The van der Waals surface area contributed by atoms with E-state index in [1.807, 2.05) is 4.90 Å². The summed E-state index contributed by atoms with van der Waals surface area (Å²) >= 11 is 1.37. The maximum absolute atomic E-state index is 13.0. The van der Waals surface area contributed by atoms with Gasteiger partial charge in [0.2, 0.25) is 10.0 Å². The van der Waals surface area contributed by atoms with Crippen molar-refractivity contribution in [3.63, 3.8) is 0 Å². The van der Waals surface area contributed by atoms with Crippen LogP contribution in [0.1, 0.15) is 4.88 Å². The monoisotopic (exact) mass is 454 g/mol. The number of piperazine rings is 1. The average Bonchev–Trinajstić information content (AvgIpc) is 3.26. The lowest BCUT2D eigenvalue weighted by Gasteiger charge is -2.33. The third kappa shape index (κ3) is 4.73. The van der Waals surface area contributed by atoms with Crippen molar-refractivity contribution < 1.29 is 27.9 Å². The van der Waals surface area contributed by atoms with Gasteiger partial charge in [-0.15, -0.1) is 0 Å². The van der Waals surface area contributed by atoms with Gasteiger partial charge in [0, 0.05) is 49.4 Å². The number of benzene rings is 1. The molecule has 30 heavy (non-hydrogen) atoms. The SMILES string of the molecule is COc1ccc(S(=O)(=O)N2CCN(c3ncc(C=CC(=O)NO)s3)CC2)cc1OC. The fourth-order valence-corrected chi connectivity index (χ4v) is 5.25. The Kier molecular flexibility index (Phi) is 6.92. The fourth-order valence-electron chi connectivity index (χ4n) is 2.94. The summed E-state index contributed by atoms with van der Waals surface area (Å²) in [4.78, 5) is 18.3. The van der Waals surface area contributed by atoms with Crippen LogP contribution in [0, 0.1) is 0 Å². The predicted octanol–water partition coefficient (Wildman–Crippen LogP) is 1.19. The normalized spacial score (nSPS) is 15.4. The standard InChI is InChI=1S/C18H22N4O6S2/c1-27-15-5-4-14(11-16(15)28-2)30(25,26)22-9-7-21(8-10-22)18-19-12-13(29-18)3-6-17(23)20-24/h3-6,11-12,24H,7-10H2,1-2H3,(H,20,23). The first-order valence-corrected chi connectivity index (χ1v) is 11.2. The molecule has 0 spiro atoms. The maximum Gasteiger partial charge on any atom is 0.267 e. The van der Waals surface area contributed by atoms with Gasteiger partial charge in [0.15, 0.2) is 16.6 Å². The van der Waals surface area contributed by atoms with Gasteiger partial charge in [-0.1, -0.05) is 11.3 Å². The van der Waals surface area contributed by atoms with E-state index >= 15 is 0 Å². The van der Waals surface area contributed by atoms with E-state index in [1.54, 1.807) is 18.3 Å². The molecule has 2 N–H and O–H groups in total. The molecule has 0 radical (unpaired) electrons. The third-order valence-electron chi connectivity index (χ3n) is 4.52. The van der Waals surface area contributed by atoms with Crippen molar-refractivity contribution in [2.24, 2.45) is 0 Å². The topological polar surface area (TPSA) is 121 Å². The first-order valence-electron chi connectivity index (χ1n) is 8.94. The van der Waals surface area contributed by atoms with Gasteiger partial charge in [0.25, 0.3) is 5.91 Å². The number of hydrogen-bond donors (Lipinski definition) is 2. The number of anilines is 1. The number of thiazole rings is 1. The summed E-state index contributed by atoms with van der Waals surface area (Å²) in [5, 5.41) is 9.25. The number of hydroxylamine groups is 1. The molecule has 2 aromatic rings. The van der Waals surface area contributed by atoms with Crippen molar-refractivity contribution >= 4 is 38.5 Å². The van der Waals surface area contributed by atoms with Crippen molar-refractivity contribution in [3.05, 3.63) is 35.3 Å². The molecule has 12 heteroatoms. The second-order valence-electron chi connectivity index (χ2n) is 6.26. The lowest BCUT2D eigenvalue weighted by molar-refractivity contribution is -0.124. The summed E-state index contributed by atoms with van der Waals surface area (Å²) in [5.74, 6) is 0.195. The van der Waals surface area contributed by atoms with Crippen molar-refractivity contribution in [3.8, 4) is 11.5 Å². The van der Waals surface area contributed by atoms with Crippen molar-refractivity contribution in [2.75, 3.05) is 45.3 Å². The van der Waals surface area contributed by atoms with Crippen LogP contribution in [0.25, 0.3) is 6.08 Å². The summed E-state index contributed by atoms with van der Waals surface area (Å²) in [6.45, 7) is 1.60. The van der Waals surface area contributed by atoms with E-state index in [2.05, 4.69) is 4.98 Å². The van der Waals surface area contributed by atoms with E-state index in [4.69, 9.17) is 14.7 Å². The fraction of sp³-hybridized carbons (Fsp3) is 0.333. The zero-order valence-electron chi connectivity index (χ0n) is 16.4. The Balaban J connectivity index is 1.67. The highest BCUT2D eigenvalue weighted by Crippen LogP contribution is 2.31. The molecule has 0 saturated carbocycles. The Morgan fingerprint density at radius 2 is 1.90 bits per heavy atom. The van der Waals surface area contributed by atoms with Gasteiger partial charge in [-0.05, 0) is 18.2 Å². The van der Waals surface area contributed by atoms with Crippen LogP contribution in [-0.2, 0) is 14.8 Å². The highest BCUT2D eigenvalue weighted by atomic mass is 32.2. The summed E-state index contributed by atoms with van der Waals surface area (Å²) in [6.07, 6.45) is 4.36. The molecule has 0 aliphatic carbocycles. The highest BCUT2D eigenvalue weighted by Gasteiger charge is 2.30. The molecule has 10 nitrogen and oxygen atoms in total. The molecule has 0 atom stereocenters. The highest BCUT2D eigenvalue weighted by molar-refractivity contribution is 7.89. The number of nitrogens with zero attached hydrogens (tertiary/aromatic N) is 3. The van der Waals surface area contributed by atoms with E-state index in [-0.39, 0.29) is 4.90 Å². The van der Waals surface area contributed by atoms with Crippen LogP contribution in [-0.4, -0.2) is 69.2 Å². The van der Waals surface area contributed by atoms with Crippen LogP contribution >= 0.6 is 11.3 Å². The Morgan fingerprint density at radius 1 is 1.20 bits per heavy atom. The smallest absolute Gasteiger partial charge is 0.267 e. The van der Waals surface area contributed by atoms with Crippen LogP contribution in [0.2, 0.25) is 0 Å². The molecule has 0 unspecified atom stereocenters. The third-order valence-corrected chi connectivity index (χ3v) is 7.44. The summed E-state index contributed by atoms with van der Waals surface area (Å²) in [5.41, 5.74) is 1.52. The van der Waals surface area contributed by atoms with Crippen LogP contribution in [0.4, 0.5) is 5.13 Å². The molecule has 162 valence electrons. The molecule has 1 fully saturated rings. The van der Waals surface area contributed by atoms with Gasteiger partial charge in [0.1, 0.15) is 0 Å². The number of sulfonamides is 1. The number of nitrogens with one attached hydrogen (secondary N) is 1. The Hall–Kier alpha value is -2.67. The number of aromatic nitrogens is 1. The van der Waals surface area contributed by atoms with E-state index < -0.39 is 15.9 Å². The Bertz CT molecular complexity index is 1030. The van der Waals surface area contributed by atoms with Gasteiger partial charge < -0.3 is 14.4 Å². The lowest BCUT2D eigenvalue weighted by atomic mass is 10.3. The number of methoxy groups -OCH3 is 2. The van der Waals surface area contributed by atoms with E-state index in [1.165, 1.54) is 53.6 Å². The Morgan fingerprint density at radius 3 is 2.53 bits per heavy atom. The van der Waals surface area contributed by atoms with E-state index in [0.717, 1.165) is 10.0 Å². The number of rotatable bonds is 7. The van der Waals surface area contributed by atoms with Crippen molar-refractivity contribution in [2.45, 2.75) is 4.90 Å². The predicted molar refractivity (Wildman–Crippen MR) is 112 cm³/mol. The largest absolute Gasteiger partial charge is 0.493 e. The molecule has 1 aliphatic rings.